The first-order valence-electron chi connectivity index (χ1n) is 9.71. The zero-order chi connectivity index (χ0) is 21.9. The van der Waals surface area contributed by atoms with E-state index in [9.17, 15) is 15.3 Å². The van der Waals surface area contributed by atoms with Gasteiger partial charge in [-0.25, -0.2) is 0 Å². The number of halogens is 2. The van der Waals surface area contributed by atoms with Crippen LogP contribution in [0.2, 0.25) is 5.02 Å². The van der Waals surface area contributed by atoms with Crippen LogP contribution >= 0.6 is 34.2 Å². The van der Waals surface area contributed by atoms with Crippen molar-refractivity contribution in [1.29, 1.82) is 0 Å². The first-order chi connectivity index (χ1) is 14.4. The zero-order valence-electron chi connectivity index (χ0n) is 16.8. The molecule has 5 atom stereocenters. The average Bonchev–Trinajstić information content (AvgIpc) is 2.76. The lowest BCUT2D eigenvalue weighted by molar-refractivity contribution is -0.315. The van der Waals surface area contributed by atoms with Crippen molar-refractivity contribution in [2.24, 2.45) is 0 Å². The number of alkyl halides is 1. The second-order valence-corrected chi connectivity index (χ2v) is 8.90. The van der Waals surface area contributed by atoms with Gasteiger partial charge in [-0.05, 0) is 48.7 Å². The maximum atomic E-state index is 10.5. The Morgan fingerprint density at radius 3 is 2.43 bits per heavy atom. The molecule has 164 valence electrons. The molecule has 6 nitrogen and oxygen atoms in total. The van der Waals surface area contributed by atoms with Crippen molar-refractivity contribution in [3.8, 4) is 5.75 Å². The van der Waals surface area contributed by atoms with Gasteiger partial charge in [0.1, 0.15) is 18.0 Å². The van der Waals surface area contributed by atoms with Crippen LogP contribution in [0.5, 0.6) is 5.75 Å². The second-order valence-electron chi connectivity index (χ2n) is 7.15. The summed E-state index contributed by atoms with van der Waals surface area (Å²) in [5.74, 6) is -0.532. The predicted molar refractivity (Wildman–Crippen MR) is 122 cm³/mol. The van der Waals surface area contributed by atoms with Gasteiger partial charge in [-0.3, -0.25) is 0 Å². The van der Waals surface area contributed by atoms with Gasteiger partial charge in [0.2, 0.25) is 5.79 Å². The van der Waals surface area contributed by atoms with E-state index in [2.05, 4.69) is 0 Å². The largest absolute Gasteiger partial charge is 0.494 e. The highest BCUT2D eigenvalue weighted by molar-refractivity contribution is 14.1. The molecule has 0 bridgehead atoms. The van der Waals surface area contributed by atoms with Crippen LogP contribution in [0.25, 0.3) is 0 Å². The summed E-state index contributed by atoms with van der Waals surface area (Å²) in [5, 5.41) is 31.0. The van der Waals surface area contributed by atoms with Crippen molar-refractivity contribution >= 4 is 34.2 Å². The van der Waals surface area contributed by atoms with Crippen LogP contribution in [0.4, 0.5) is 0 Å². The summed E-state index contributed by atoms with van der Waals surface area (Å²) >= 11 is 8.47. The fourth-order valence-electron chi connectivity index (χ4n) is 3.65. The lowest BCUT2D eigenvalue weighted by atomic mass is 9.89. The van der Waals surface area contributed by atoms with E-state index in [-0.39, 0.29) is 0 Å². The monoisotopic (exact) mass is 548 g/mol. The molecule has 8 heteroatoms. The first-order valence-corrected chi connectivity index (χ1v) is 11.3. The van der Waals surface area contributed by atoms with Gasteiger partial charge in [0.25, 0.3) is 0 Å². The van der Waals surface area contributed by atoms with E-state index in [1.165, 1.54) is 7.11 Å². The normalized spacial score (nSPS) is 29.0. The van der Waals surface area contributed by atoms with Gasteiger partial charge in [0.05, 0.1) is 23.2 Å². The molecule has 3 N–H and O–H groups in total. The van der Waals surface area contributed by atoms with Gasteiger partial charge < -0.3 is 29.5 Å². The van der Waals surface area contributed by atoms with E-state index in [0.717, 1.165) is 16.9 Å². The van der Waals surface area contributed by atoms with E-state index >= 15 is 0 Å². The van der Waals surface area contributed by atoms with Gasteiger partial charge in [-0.15, -0.1) is 0 Å². The van der Waals surface area contributed by atoms with Crippen molar-refractivity contribution in [2.75, 3.05) is 20.3 Å². The van der Waals surface area contributed by atoms with Crippen molar-refractivity contribution in [3.05, 3.63) is 64.2 Å². The average molecular weight is 549 g/mol. The van der Waals surface area contributed by atoms with Crippen molar-refractivity contribution in [2.45, 2.75) is 41.4 Å². The fraction of sp³-hybridized carbons (Fsp3) is 0.455. The first kappa shape index (κ1) is 23.7. The number of hydrogen-bond donors (Lipinski definition) is 3. The highest BCUT2D eigenvalue weighted by Gasteiger charge is 2.54. The highest BCUT2D eigenvalue weighted by atomic mass is 127. The maximum absolute atomic E-state index is 10.5. The minimum Gasteiger partial charge on any atom is -0.494 e. The summed E-state index contributed by atoms with van der Waals surface area (Å²) in [6, 6.07) is 13.2. The SMILES string of the molecule is CCOc1ccc(Cc2cc([C@]3(OC)O[C@H](CO)[C@@H](O)[C@H](O)[C@H]3I)ccc2Cl)cc1. The van der Waals surface area contributed by atoms with E-state index in [1.807, 2.05) is 59.8 Å². The summed E-state index contributed by atoms with van der Waals surface area (Å²) in [6.45, 7) is 2.11. The third-order valence-corrected chi connectivity index (χ3v) is 7.21. The summed E-state index contributed by atoms with van der Waals surface area (Å²) in [6.07, 6.45) is -2.74. The summed E-state index contributed by atoms with van der Waals surface area (Å²) < 4.78 is 16.6. The molecule has 1 aliphatic heterocycles. The molecule has 0 aromatic heterocycles. The Labute approximate surface area is 194 Å². The Hall–Kier alpha value is -0.940. The second kappa shape index (κ2) is 10.1. The molecule has 0 unspecified atom stereocenters. The van der Waals surface area contributed by atoms with Crippen LogP contribution in [0.15, 0.2) is 42.5 Å². The summed E-state index contributed by atoms with van der Waals surface area (Å²) in [5.41, 5.74) is 2.57. The quantitative estimate of drug-likeness (QED) is 0.364. The number of benzene rings is 2. The molecule has 0 aliphatic carbocycles. The number of ether oxygens (including phenoxy) is 3. The van der Waals surface area contributed by atoms with Crippen molar-refractivity contribution in [3.63, 3.8) is 0 Å². The Bertz CT molecular complexity index is 846. The van der Waals surface area contributed by atoms with Gasteiger partial charge in [-0.2, -0.15) is 0 Å². The smallest absolute Gasteiger partial charge is 0.209 e. The minimum absolute atomic E-state index is 0.445. The number of aliphatic hydroxyl groups excluding tert-OH is 3. The van der Waals surface area contributed by atoms with Crippen LogP contribution in [0, 0.1) is 0 Å². The van der Waals surface area contributed by atoms with E-state index < -0.39 is 34.6 Å². The van der Waals surface area contributed by atoms with Crippen molar-refractivity contribution in [1.82, 2.24) is 0 Å². The van der Waals surface area contributed by atoms with E-state index in [4.69, 9.17) is 25.8 Å². The molecule has 3 rings (SSSR count). The number of rotatable bonds is 7. The molecule has 1 aliphatic rings. The number of hydrogen-bond acceptors (Lipinski definition) is 6. The van der Waals surface area contributed by atoms with Gasteiger partial charge in [0.15, 0.2) is 0 Å². The third kappa shape index (κ3) is 4.62. The topological polar surface area (TPSA) is 88.4 Å². The summed E-state index contributed by atoms with van der Waals surface area (Å²) in [7, 11) is 1.48. The van der Waals surface area contributed by atoms with Gasteiger partial charge in [-0.1, -0.05) is 52.4 Å². The minimum atomic E-state index is -1.34. The molecule has 1 saturated heterocycles. The molecular weight excluding hydrogens is 523 g/mol. The van der Waals surface area contributed by atoms with Crippen LogP contribution in [0.1, 0.15) is 23.6 Å². The Kier molecular flexibility index (Phi) is 8.00. The molecule has 1 heterocycles. The molecule has 1 fully saturated rings. The fourth-order valence-corrected chi connectivity index (χ4v) is 5.02. The molecule has 0 radical (unpaired) electrons. The summed E-state index contributed by atoms with van der Waals surface area (Å²) in [4.78, 5) is 0. The predicted octanol–water partition coefficient (Wildman–Crippen LogP) is 3.05. The molecule has 30 heavy (non-hydrogen) atoms. The van der Waals surface area contributed by atoms with Crippen molar-refractivity contribution < 1.29 is 29.5 Å². The molecular formula is C22H26ClIO6. The maximum Gasteiger partial charge on any atom is 0.209 e. The van der Waals surface area contributed by atoms with Gasteiger partial charge >= 0.3 is 0 Å². The Morgan fingerprint density at radius 1 is 1.13 bits per heavy atom. The number of aliphatic hydroxyl groups is 3. The van der Waals surface area contributed by atoms with Crippen LogP contribution in [-0.4, -0.2) is 57.9 Å². The number of methoxy groups -OCH3 is 1. The lowest BCUT2D eigenvalue weighted by Crippen LogP contribution is -2.62. The highest BCUT2D eigenvalue weighted by Crippen LogP contribution is 2.44. The molecule has 0 saturated carbocycles. The van der Waals surface area contributed by atoms with E-state index in [1.54, 1.807) is 12.1 Å². The zero-order valence-corrected chi connectivity index (χ0v) is 19.7. The lowest BCUT2D eigenvalue weighted by Gasteiger charge is -2.48. The molecule has 2 aromatic rings. The van der Waals surface area contributed by atoms with Crippen LogP contribution < -0.4 is 4.74 Å². The van der Waals surface area contributed by atoms with Crippen LogP contribution in [-0.2, 0) is 21.7 Å². The van der Waals surface area contributed by atoms with Gasteiger partial charge in [0, 0.05) is 17.7 Å². The van der Waals surface area contributed by atoms with Crippen LogP contribution in [0.3, 0.4) is 0 Å². The Morgan fingerprint density at radius 2 is 1.83 bits per heavy atom. The molecule has 0 amide bonds. The molecule has 0 spiro atoms. The Balaban J connectivity index is 1.94. The molecule has 2 aromatic carbocycles. The third-order valence-electron chi connectivity index (χ3n) is 5.28. The standard InChI is InChI=1S/C22H26ClIO6/c1-3-29-16-7-4-13(5-8-16)10-14-11-15(6-9-17(14)23)22(28-2)21(24)20(27)19(26)18(12-25)30-22/h4-9,11,18-21,25-27H,3,10,12H2,1-2H3/t18-,19-,20+,21-,22+/m1/s1. The van der Waals surface area contributed by atoms with E-state index in [0.29, 0.717) is 23.6 Å².